The van der Waals surface area contributed by atoms with Gasteiger partial charge in [0.2, 0.25) is 0 Å². The van der Waals surface area contributed by atoms with Gasteiger partial charge in [-0.25, -0.2) is 13.6 Å². The van der Waals surface area contributed by atoms with Crippen molar-refractivity contribution in [1.29, 1.82) is 0 Å². The molecule has 1 aliphatic heterocycles. The average Bonchev–Trinajstić information content (AvgIpc) is 2.50. The van der Waals surface area contributed by atoms with Crippen LogP contribution in [0.1, 0.15) is 50.3 Å². The predicted molar refractivity (Wildman–Crippen MR) is 86.5 cm³/mol. The third-order valence-electron chi connectivity index (χ3n) is 4.19. The SMILES string of the molecule is CC(C)(C)OC(=O)N1CCC(F)(F)C(c2cc(C(O)C(F)(F)F)c[n+]([O-])c2)C1. The number of ether oxygens (including phenoxy) is 1. The maximum absolute atomic E-state index is 14.5. The number of amides is 1. The third kappa shape index (κ3) is 5.21. The van der Waals surface area contributed by atoms with Crippen LogP contribution in [0.15, 0.2) is 18.5 Å². The first-order valence-corrected chi connectivity index (χ1v) is 8.44. The van der Waals surface area contributed by atoms with E-state index < -0.39 is 59.9 Å². The molecule has 1 fully saturated rings. The van der Waals surface area contributed by atoms with Crippen LogP contribution in [0.25, 0.3) is 0 Å². The number of hydrogen-bond acceptors (Lipinski definition) is 4. The van der Waals surface area contributed by atoms with Crippen molar-refractivity contribution < 1.29 is 41.3 Å². The Balaban J connectivity index is 2.35. The van der Waals surface area contributed by atoms with Crippen LogP contribution in [0, 0.1) is 5.21 Å². The molecule has 0 radical (unpaired) electrons. The summed E-state index contributed by atoms with van der Waals surface area (Å²) in [5, 5.41) is 21.0. The minimum absolute atomic E-state index is 0.0673. The highest BCUT2D eigenvalue weighted by Crippen LogP contribution is 2.41. The van der Waals surface area contributed by atoms with Crippen molar-refractivity contribution in [3.05, 3.63) is 34.8 Å². The topological polar surface area (TPSA) is 76.7 Å². The number of carbonyl (C=O) groups excluding carboxylic acids is 1. The molecule has 2 heterocycles. The molecule has 158 valence electrons. The van der Waals surface area contributed by atoms with Gasteiger partial charge in [0.05, 0.1) is 11.5 Å². The third-order valence-corrected chi connectivity index (χ3v) is 4.19. The van der Waals surface area contributed by atoms with Gasteiger partial charge in [0, 0.05) is 25.1 Å². The van der Waals surface area contributed by atoms with E-state index in [0.717, 1.165) is 4.90 Å². The summed E-state index contributed by atoms with van der Waals surface area (Å²) in [5.74, 6) is -5.10. The lowest BCUT2D eigenvalue weighted by Crippen LogP contribution is -2.49. The fourth-order valence-corrected chi connectivity index (χ4v) is 2.87. The van der Waals surface area contributed by atoms with E-state index in [9.17, 15) is 37.1 Å². The number of aliphatic hydroxyl groups is 1. The van der Waals surface area contributed by atoms with Gasteiger partial charge >= 0.3 is 12.3 Å². The summed E-state index contributed by atoms with van der Waals surface area (Å²) in [6.45, 7) is 3.95. The predicted octanol–water partition coefficient (Wildman–Crippen LogP) is 3.28. The molecule has 1 aromatic rings. The molecule has 11 heteroatoms. The fourth-order valence-electron chi connectivity index (χ4n) is 2.87. The van der Waals surface area contributed by atoms with Gasteiger partial charge in [-0.1, -0.05) is 0 Å². The zero-order valence-electron chi connectivity index (χ0n) is 15.5. The van der Waals surface area contributed by atoms with Gasteiger partial charge in [0.25, 0.3) is 5.92 Å². The molecule has 0 saturated carbocycles. The number of pyridine rings is 1. The summed E-state index contributed by atoms with van der Waals surface area (Å²) in [5.41, 5.74) is -2.12. The average molecular weight is 412 g/mol. The van der Waals surface area contributed by atoms with E-state index >= 15 is 0 Å². The van der Waals surface area contributed by atoms with Crippen molar-refractivity contribution in [3.63, 3.8) is 0 Å². The molecule has 0 aromatic carbocycles. The fraction of sp³-hybridized carbons (Fsp3) is 0.647. The molecule has 0 spiro atoms. The van der Waals surface area contributed by atoms with Crippen LogP contribution in [-0.2, 0) is 4.74 Å². The second-order valence-electron chi connectivity index (χ2n) is 7.70. The lowest BCUT2D eigenvalue weighted by Gasteiger charge is -2.38. The Morgan fingerprint density at radius 2 is 1.96 bits per heavy atom. The highest BCUT2D eigenvalue weighted by Gasteiger charge is 2.48. The van der Waals surface area contributed by atoms with Gasteiger partial charge in [0.1, 0.15) is 5.60 Å². The second kappa shape index (κ2) is 7.34. The summed E-state index contributed by atoms with van der Waals surface area (Å²) in [4.78, 5) is 13.2. The molecule has 1 amide bonds. The van der Waals surface area contributed by atoms with Crippen LogP contribution in [0.2, 0.25) is 0 Å². The molecule has 1 aliphatic rings. The monoisotopic (exact) mass is 412 g/mol. The number of carbonyl (C=O) groups is 1. The van der Waals surface area contributed by atoms with Gasteiger partial charge in [0.15, 0.2) is 18.5 Å². The first-order valence-electron chi connectivity index (χ1n) is 8.44. The summed E-state index contributed by atoms with van der Waals surface area (Å²) in [6.07, 6.45) is -8.47. The minimum Gasteiger partial charge on any atom is -0.619 e. The van der Waals surface area contributed by atoms with Gasteiger partial charge < -0.3 is 20.0 Å². The Morgan fingerprint density at radius 3 is 2.50 bits per heavy atom. The Labute approximate surface area is 158 Å². The maximum atomic E-state index is 14.5. The lowest BCUT2D eigenvalue weighted by atomic mass is 9.87. The number of nitrogens with zero attached hydrogens (tertiary/aromatic N) is 2. The number of likely N-dealkylation sites (tertiary alicyclic amines) is 1. The molecule has 1 aromatic heterocycles. The zero-order valence-corrected chi connectivity index (χ0v) is 15.5. The van der Waals surface area contributed by atoms with Crippen LogP contribution in [-0.4, -0.2) is 46.9 Å². The summed E-state index contributed by atoms with van der Waals surface area (Å²) in [7, 11) is 0. The number of halogens is 5. The number of hydrogen-bond donors (Lipinski definition) is 1. The molecule has 2 unspecified atom stereocenters. The van der Waals surface area contributed by atoms with E-state index in [1.165, 1.54) is 0 Å². The number of piperidine rings is 1. The quantitative estimate of drug-likeness (QED) is 0.460. The Bertz CT molecular complexity index is 733. The molecule has 6 nitrogen and oxygen atoms in total. The highest BCUT2D eigenvalue weighted by atomic mass is 19.4. The number of alkyl halides is 5. The van der Waals surface area contributed by atoms with Crippen LogP contribution >= 0.6 is 0 Å². The van der Waals surface area contributed by atoms with Crippen molar-refractivity contribution in [3.8, 4) is 0 Å². The van der Waals surface area contributed by atoms with E-state index in [1.807, 2.05) is 0 Å². The second-order valence-corrected chi connectivity index (χ2v) is 7.70. The molecular formula is C17H21F5N2O4. The molecule has 2 atom stereocenters. The number of aromatic nitrogens is 1. The van der Waals surface area contributed by atoms with Gasteiger partial charge in [-0.3, -0.25) is 0 Å². The van der Waals surface area contributed by atoms with E-state index in [4.69, 9.17) is 4.74 Å². The minimum atomic E-state index is -5.07. The smallest absolute Gasteiger partial charge is 0.418 e. The largest absolute Gasteiger partial charge is 0.619 e. The summed E-state index contributed by atoms with van der Waals surface area (Å²) < 4.78 is 72.2. The van der Waals surface area contributed by atoms with Crippen molar-refractivity contribution in [2.45, 2.75) is 56.9 Å². The van der Waals surface area contributed by atoms with Crippen LogP contribution in [0.4, 0.5) is 26.7 Å². The molecule has 0 aliphatic carbocycles. The Kier molecular flexibility index (Phi) is 5.80. The maximum Gasteiger partial charge on any atom is 0.418 e. The lowest BCUT2D eigenvalue weighted by molar-refractivity contribution is -0.606. The Hall–Kier alpha value is -2.17. The van der Waals surface area contributed by atoms with E-state index in [1.54, 1.807) is 20.8 Å². The first-order chi connectivity index (χ1) is 12.6. The standard InChI is InChI=1S/C17H21F5N2O4/c1-15(2,3)28-14(26)23-5-4-16(18,19)12(9-23)10-6-11(8-24(27)7-10)13(25)17(20,21)22/h6-8,12-13,25H,4-5,9H2,1-3H3. The van der Waals surface area contributed by atoms with E-state index in [2.05, 4.69) is 0 Å². The van der Waals surface area contributed by atoms with Crippen molar-refractivity contribution >= 4 is 6.09 Å². The number of rotatable bonds is 2. The Morgan fingerprint density at radius 1 is 1.36 bits per heavy atom. The van der Waals surface area contributed by atoms with Crippen molar-refractivity contribution in [2.24, 2.45) is 0 Å². The molecule has 0 bridgehead atoms. The van der Waals surface area contributed by atoms with Gasteiger partial charge in [-0.05, 0) is 26.8 Å². The van der Waals surface area contributed by atoms with Crippen molar-refractivity contribution in [1.82, 2.24) is 4.90 Å². The first kappa shape index (κ1) is 22.1. The van der Waals surface area contributed by atoms with Gasteiger partial charge in [-0.2, -0.15) is 17.9 Å². The molecular weight excluding hydrogens is 391 g/mol. The number of aliphatic hydroxyl groups excluding tert-OH is 1. The molecule has 2 rings (SSSR count). The van der Waals surface area contributed by atoms with E-state index in [0.29, 0.717) is 18.5 Å². The highest BCUT2D eigenvalue weighted by molar-refractivity contribution is 5.68. The van der Waals surface area contributed by atoms with Crippen LogP contribution < -0.4 is 4.73 Å². The van der Waals surface area contributed by atoms with Gasteiger partial charge in [-0.15, -0.1) is 0 Å². The molecule has 1 N–H and O–H groups in total. The summed E-state index contributed by atoms with van der Waals surface area (Å²) >= 11 is 0. The molecule has 1 saturated heterocycles. The van der Waals surface area contributed by atoms with Crippen LogP contribution in [0.5, 0.6) is 0 Å². The van der Waals surface area contributed by atoms with Crippen LogP contribution in [0.3, 0.4) is 0 Å². The zero-order chi connectivity index (χ0) is 21.5. The van der Waals surface area contributed by atoms with Crippen molar-refractivity contribution in [2.75, 3.05) is 13.1 Å². The van der Waals surface area contributed by atoms with E-state index in [-0.39, 0.29) is 11.3 Å². The summed E-state index contributed by atoms with van der Waals surface area (Å²) in [6, 6.07) is 0.712. The molecule has 28 heavy (non-hydrogen) atoms. The normalized spacial score (nSPS) is 21.3.